The van der Waals surface area contributed by atoms with E-state index in [1.54, 1.807) is 6.07 Å². The summed E-state index contributed by atoms with van der Waals surface area (Å²) in [5.41, 5.74) is 1.80. The molecular weight excluding hydrogens is 286 g/mol. The average Bonchev–Trinajstić information content (AvgIpc) is 2.49. The second kappa shape index (κ2) is 9.38. The number of amides is 3. The van der Waals surface area contributed by atoms with Gasteiger partial charge in [-0.2, -0.15) is 0 Å². The number of benzene rings is 1. The van der Waals surface area contributed by atoms with Gasteiger partial charge in [0.25, 0.3) is 0 Å². The van der Waals surface area contributed by atoms with E-state index in [2.05, 4.69) is 16.0 Å². The van der Waals surface area contributed by atoms with E-state index in [1.165, 1.54) is 0 Å². The highest BCUT2D eigenvalue weighted by atomic mass is 16.4. The Morgan fingerprint density at radius 2 is 1.95 bits per heavy atom. The maximum atomic E-state index is 11.7. The van der Waals surface area contributed by atoms with E-state index < -0.39 is 12.0 Å². The van der Waals surface area contributed by atoms with Crippen molar-refractivity contribution in [1.29, 1.82) is 0 Å². The van der Waals surface area contributed by atoms with Gasteiger partial charge in [0.15, 0.2) is 0 Å². The maximum Gasteiger partial charge on any atom is 0.315 e. The van der Waals surface area contributed by atoms with Crippen molar-refractivity contribution >= 4 is 23.6 Å². The summed E-state index contributed by atoms with van der Waals surface area (Å²) in [4.78, 5) is 33.4. The van der Waals surface area contributed by atoms with Crippen molar-refractivity contribution in [3.63, 3.8) is 0 Å². The van der Waals surface area contributed by atoms with Gasteiger partial charge in [-0.3, -0.25) is 9.59 Å². The van der Waals surface area contributed by atoms with Gasteiger partial charge in [-0.15, -0.1) is 0 Å². The van der Waals surface area contributed by atoms with E-state index in [0.29, 0.717) is 12.1 Å². The molecule has 0 fully saturated rings. The first-order valence-corrected chi connectivity index (χ1v) is 7.13. The highest BCUT2D eigenvalue weighted by molar-refractivity contribution is 5.94. The summed E-state index contributed by atoms with van der Waals surface area (Å²) < 4.78 is 0. The molecule has 0 radical (unpaired) electrons. The number of carboxylic acids is 1. The van der Waals surface area contributed by atoms with E-state index in [-0.39, 0.29) is 25.4 Å². The molecule has 0 saturated heterocycles. The minimum Gasteiger partial charge on any atom is -0.481 e. The smallest absolute Gasteiger partial charge is 0.315 e. The lowest BCUT2D eigenvalue weighted by atomic mass is 10.1. The number of rotatable bonds is 8. The van der Waals surface area contributed by atoms with E-state index in [4.69, 9.17) is 5.11 Å². The van der Waals surface area contributed by atoms with Crippen LogP contribution in [0.25, 0.3) is 0 Å². The third-order valence-electron chi connectivity index (χ3n) is 2.88. The lowest BCUT2D eigenvalue weighted by Crippen LogP contribution is -2.40. The Bertz CT molecular complexity index is 531. The summed E-state index contributed by atoms with van der Waals surface area (Å²) >= 11 is 0. The van der Waals surface area contributed by atoms with E-state index in [1.807, 2.05) is 25.1 Å². The molecule has 1 rings (SSSR count). The summed E-state index contributed by atoms with van der Waals surface area (Å²) in [6.07, 6.45) is 1.22. The Labute approximate surface area is 129 Å². The zero-order valence-electron chi connectivity index (χ0n) is 12.5. The zero-order chi connectivity index (χ0) is 16.4. The molecular formula is C15H21N3O4. The van der Waals surface area contributed by atoms with Crippen LogP contribution in [0, 0.1) is 0 Å². The topological polar surface area (TPSA) is 108 Å². The monoisotopic (exact) mass is 307 g/mol. The van der Waals surface area contributed by atoms with Gasteiger partial charge in [0.2, 0.25) is 5.91 Å². The highest BCUT2D eigenvalue weighted by Crippen LogP contribution is 2.10. The van der Waals surface area contributed by atoms with E-state index in [0.717, 1.165) is 12.0 Å². The molecule has 3 amide bonds. The molecule has 7 heteroatoms. The minimum atomic E-state index is -0.907. The van der Waals surface area contributed by atoms with Crippen LogP contribution in [0.2, 0.25) is 0 Å². The fourth-order valence-corrected chi connectivity index (χ4v) is 1.74. The van der Waals surface area contributed by atoms with Crippen molar-refractivity contribution in [2.45, 2.75) is 26.2 Å². The molecule has 120 valence electrons. The molecule has 4 N–H and O–H groups in total. The van der Waals surface area contributed by atoms with Crippen LogP contribution in [0.3, 0.4) is 0 Å². The Morgan fingerprint density at radius 3 is 2.64 bits per heavy atom. The minimum absolute atomic E-state index is 0.00542. The van der Waals surface area contributed by atoms with Crippen LogP contribution >= 0.6 is 0 Å². The van der Waals surface area contributed by atoms with Crippen molar-refractivity contribution in [2.24, 2.45) is 0 Å². The fraction of sp³-hybridized carbons (Fsp3) is 0.400. The number of nitrogens with one attached hydrogen (secondary N) is 3. The number of anilines is 1. The summed E-state index contributed by atoms with van der Waals surface area (Å²) in [6, 6.07) is 6.99. The fourth-order valence-electron chi connectivity index (χ4n) is 1.74. The zero-order valence-corrected chi connectivity index (χ0v) is 12.5. The molecule has 0 aliphatic heterocycles. The number of aryl methyl sites for hydroxylation is 1. The molecule has 0 aliphatic rings. The van der Waals surface area contributed by atoms with Crippen molar-refractivity contribution < 1.29 is 19.5 Å². The number of carboxylic acid groups (broad SMARTS) is 1. The van der Waals surface area contributed by atoms with Gasteiger partial charge < -0.3 is 21.1 Å². The molecule has 1 aromatic carbocycles. The van der Waals surface area contributed by atoms with Crippen molar-refractivity contribution in [3.05, 3.63) is 29.8 Å². The van der Waals surface area contributed by atoms with Crippen LogP contribution in [-0.4, -0.2) is 36.1 Å². The molecule has 0 bridgehead atoms. The third-order valence-corrected chi connectivity index (χ3v) is 2.88. The second-order valence-corrected chi connectivity index (χ2v) is 4.71. The first-order valence-electron chi connectivity index (χ1n) is 7.13. The second-order valence-electron chi connectivity index (χ2n) is 4.71. The van der Waals surface area contributed by atoms with Crippen molar-refractivity contribution in [2.75, 3.05) is 18.4 Å². The molecule has 1 aromatic rings. The first-order chi connectivity index (χ1) is 10.5. The van der Waals surface area contributed by atoms with Gasteiger partial charge in [0, 0.05) is 18.7 Å². The Hall–Kier alpha value is -2.57. The van der Waals surface area contributed by atoms with Gasteiger partial charge in [0.1, 0.15) is 0 Å². The molecule has 22 heavy (non-hydrogen) atoms. The number of carbonyl (C=O) groups is 3. The van der Waals surface area contributed by atoms with Gasteiger partial charge >= 0.3 is 12.0 Å². The predicted molar refractivity (Wildman–Crippen MR) is 82.7 cm³/mol. The van der Waals surface area contributed by atoms with Crippen molar-refractivity contribution in [3.8, 4) is 0 Å². The SMILES string of the molecule is CCc1cccc(NC(=O)CNC(=O)NCCCC(=O)O)c1. The van der Waals surface area contributed by atoms with E-state index >= 15 is 0 Å². The molecule has 0 unspecified atom stereocenters. The standard InChI is InChI=1S/C15H21N3O4/c1-2-11-5-3-6-12(9-11)18-13(19)10-17-15(22)16-8-4-7-14(20)21/h3,5-6,9H,2,4,7-8,10H2,1H3,(H,18,19)(H,20,21)(H2,16,17,22). The van der Waals surface area contributed by atoms with Crippen LogP contribution in [-0.2, 0) is 16.0 Å². The molecule has 0 aliphatic carbocycles. The van der Waals surface area contributed by atoms with Crippen LogP contribution in [0.4, 0.5) is 10.5 Å². The Morgan fingerprint density at radius 1 is 1.18 bits per heavy atom. The lowest BCUT2D eigenvalue weighted by Gasteiger charge is -2.09. The van der Waals surface area contributed by atoms with Gasteiger partial charge in [-0.05, 0) is 30.5 Å². The molecule has 0 aromatic heterocycles. The largest absolute Gasteiger partial charge is 0.481 e. The molecule has 7 nitrogen and oxygen atoms in total. The quantitative estimate of drug-likeness (QED) is 0.544. The molecule has 0 spiro atoms. The van der Waals surface area contributed by atoms with Gasteiger partial charge in [-0.1, -0.05) is 19.1 Å². The lowest BCUT2D eigenvalue weighted by molar-refractivity contribution is -0.137. The van der Waals surface area contributed by atoms with Crippen LogP contribution in [0.1, 0.15) is 25.3 Å². The summed E-state index contributed by atoms with van der Waals surface area (Å²) in [5, 5.41) is 16.0. The summed E-state index contributed by atoms with van der Waals surface area (Å²) in [6.45, 7) is 2.12. The van der Waals surface area contributed by atoms with Crippen molar-refractivity contribution in [1.82, 2.24) is 10.6 Å². The molecule has 0 saturated carbocycles. The Balaban J connectivity index is 2.24. The van der Waals surface area contributed by atoms with Crippen LogP contribution < -0.4 is 16.0 Å². The summed E-state index contributed by atoms with van der Waals surface area (Å²) in [7, 11) is 0. The molecule has 0 atom stereocenters. The van der Waals surface area contributed by atoms with Gasteiger partial charge in [-0.25, -0.2) is 4.79 Å². The average molecular weight is 307 g/mol. The highest BCUT2D eigenvalue weighted by Gasteiger charge is 2.06. The normalized spacial score (nSPS) is 9.86. The molecule has 0 heterocycles. The van der Waals surface area contributed by atoms with Crippen LogP contribution in [0.5, 0.6) is 0 Å². The van der Waals surface area contributed by atoms with Crippen LogP contribution in [0.15, 0.2) is 24.3 Å². The van der Waals surface area contributed by atoms with Gasteiger partial charge in [0.05, 0.1) is 6.54 Å². The number of urea groups is 1. The predicted octanol–water partition coefficient (Wildman–Crippen LogP) is 1.35. The number of hydrogen-bond donors (Lipinski definition) is 4. The Kier molecular flexibility index (Phi) is 7.45. The number of aliphatic carboxylic acids is 1. The summed E-state index contributed by atoms with van der Waals surface area (Å²) in [5.74, 6) is -1.23. The number of carbonyl (C=O) groups excluding carboxylic acids is 2. The maximum absolute atomic E-state index is 11.7. The first kappa shape index (κ1) is 17.5. The van der Waals surface area contributed by atoms with E-state index in [9.17, 15) is 14.4 Å². The third kappa shape index (κ3) is 7.28. The number of hydrogen-bond acceptors (Lipinski definition) is 3.